The highest BCUT2D eigenvalue weighted by Crippen LogP contribution is 2.28. The molecule has 0 N–H and O–H groups in total. The number of fused-ring (bicyclic) bond motifs is 1. The Morgan fingerprint density at radius 2 is 1.73 bits per heavy atom. The molecule has 1 aliphatic heterocycles. The Labute approximate surface area is 184 Å². The van der Waals surface area contributed by atoms with Crippen LogP contribution in [0.25, 0.3) is 0 Å². The third-order valence-electron chi connectivity index (χ3n) is 4.85. The number of sulfone groups is 1. The van der Waals surface area contributed by atoms with E-state index in [4.69, 9.17) is 11.6 Å². The zero-order valence-electron chi connectivity index (χ0n) is 16.5. The molecule has 1 aromatic carbocycles. The van der Waals surface area contributed by atoms with Crippen molar-refractivity contribution < 1.29 is 22.8 Å². The molecule has 3 amide bonds. The molecule has 1 atom stereocenters. The van der Waals surface area contributed by atoms with Crippen LogP contribution in [-0.2, 0) is 21.2 Å². The zero-order chi connectivity index (χ0) is 22.1. The van der Waals surface area contributed by atoms with E-state index in [1.165, 1.54) is 28.4 Å². The third kappa shape index (κ3) is 4.74. The Balaban J connectivity index is 1.93. The van der Waals surface area contributed by atoms with Gasteiger partial charge in [0.2, 0.25) is 5.91 Å². The largest absolute Gasteiger partial charge is 0.336 e. The van der Waals surface area contributed by atoms with Gasteiger partial charge in [-0.05, 0) is 37.6 Å². The second-order valence-corrected chi connectivity index (χ2v) is 11.1. The number of likely N-dealkylation sites (N-methyl/N-ethyl adjacent to an activating group) is 1. The zero-order valence-corrected chi connectivity index (χ0v) is 18.9. The van der Waals surface area contributed by atoms with Gasteiger partial charge >= 0.3 is 0 Å². The van der Waals surface area contributed by atoms with Crippen molar-refractivity contribution in [3.05, 3.63) is 56.7 Å². The van der Waals surface area contributed by atoms with Crippen molar-refractivity contribution in [1.82, 2.24) is 9.80 Å². The van der Waals surface area contributed by atoms with Gasteiger partial charge in [-0.25, -0.2) is 8.42 Å². The molecule has 3 rings (SSSR count). The summed E-state index contributed by atoms with van der Waals surface area (Å²) < 4.78 is 24.1. The lowest BCUT2D eigenvalue weighted by Crippen LogP contribution is -2.51. The smallest absolute Gasteiger partial charge is 0.262 e. The molecule has 10 heteroatoms. The summed E-state index contributed by atoms with van der Waals surface area (Å²) in [6, 6.07) is 8.65. The standard InChI is InChI=1S/C20H21ClN2O5S2/c1-3-22(12-13-8-9-17(21)29-13)20(26)16(10-11-30(2,27)28)23-18(24)14-6-4-5-7-15(14)19(23)25/h4-9,16H,3,10-12H2,1-2H3/t16-/m0/s1. The first-order valence-electron chi connectivity index (χ1n) is 9.30. The first kappa shape index (κ1) is 22.5. The lowest BCUT2D eigenvalue weighted by atomic mass is 10.1. The number of benzene rings is 1. The van der Waals surface area contributed by atoms with Crippen molar-refractivity contribution in [3.63, 3.8) is 0 Å². The van der Waals surface area contributed by atoms with E-state index in [9.17, 15) is 22.8 Å². The topological polar surface area (TPSA) is 91.8 Å². The number of halogens is 1. The van der Waals surface area contributed by atoms with Crippen LogP contribution in [0.2, 0.25) is 4.34 Å². The van der Waals surface area contributed by atoms with E-state index in [1.807, 2.05) is 0 Å². The predicted octanol–water partition coefficient (Wildman–Crippen LogP) is 2.85. The number of carbonyl (C=O) groups excluding carboxylic acids is 3. The minimum atomic E-state index is -3.41. The van der Waals surface area contributed by atoms with Gasteiger partial charge in [-0.2, -0.15) is 0 Å². The molecule has 0 unspecified atom stereocenters. The van der Waals surface area contributed by atoms with Gasteiger partial charge in [0.25, 0.3) is 11.8 Å². The molecule has 160 valence electrons. The van der Waals surface area contributed by atoms with Crippen LogP contribution in [0.1, 0.15) is 38.9 Å². The molecule has 1 aromatic heterocycles. The monoisotopic (exact) mass is 468 g/mol. The van der Waals surface area contributed by atoms with Crippen LogP contribution < -0.4 is 0 Å². The summed E-state index contributed by atoms with van der Waals surface area (Å²) in [5, 5.41) is 0. The maximum absolute atomic E-state index is 13.4. The molecule has 0 bridgehead atoms. The molecule has 0 saturated carbocycles. The Hall–Kier alpha value is -2.23. The molecule has 0 saturated heterocycles. The van der Waals surface area contributed by atoms with E-state index < -0.39 is 33.6 Å². The van der Waals surface area contributed by atoms with Gasteiger partial charge in [-0.15, -0.1) is 11.3 Å². The van der Waals surface area contributed by atoms with Crippen molar-refractivity contribution in [2.24, 2.45) is 0 Å². The number of hydrogen-bond donors (Lipinski definition) is 0. The number of amides is 3. The van der Waals surface area contributed by atoms with Crippen LogP contribution in [0, 0.1) is 0 Å². The second-order valence-electron chi connectivity index (χ2n) is 7.02. The number of nitrogens with zero attached hydrogens (tertiary/aromatic N) is 2. The molecule has 2 aromatic rings. The number of thiophene rings is 1. The number of hydrogen-bond acceptors (Lipinski definition) is 6. The predicted molar refractivity (Wildman–Crippen MR) is 115 cm³/mol. The maximum Gasteiger partial charge on any atom is 0.262 e. The lowest BCUT2D eigenvalue weighted by Gasteiger charge is -2.30. The molecule has 0 fully saturated rings. The summed E-state index contributed by atoms with van der Waals surface area (Å²) in [6.45, 7) is 2.36. The van der Waals surface area contributed by atoms with Gasteiger partial charge in [0, 0.05) is 17.7 Å². The number of imide groups is 1. The summed E-state index contributed by atoms with van der Waals surface area (Å²) in [5.74, 6) is -1.96. The minimum Gasteiger partial charge on any atom is -0.336 e. The molecular weight excluding hydrogens is 448 g/mol. The highest BCUT2D eigenvalue weighted by atomic mass is 35.5. The molecule has 0 spiro atoms. The average Bonchev–Trinajstić information content (AvgIpc) is 3.21. The molecule has 7 nitrogen and oxygen atoms in total. The van der Waals surface area contributed by atoms with Gasteiger partial charge in [-0.1, -0.05) is 23.7 Å². The van der Waals surface area contributed by atoms with Crippen LogP contribution in [0.15, 0.2) is 36.4 Å². The van der Waals surface area contributed by atoms with Crippen molar-refractivity contribution in [2.45, 2.75) is 25.9 Å². The van der Waals surface area contributed by atoms with E-state index >= 15 is 0 Å². The van der Waals surface area contributed by atoms with Crippen molar-refractivity contribution >= 4 is 50.5 Å². The second kappa shape index (κ2) is 8.87. The lowest BCUT2D eigenvalue weighted by molar-refractivity contribution is -0.135. The Morgan fingerprint density at radius 1 is 1.13 bits per heavy atom. The van der Waals surface area contributed by atoms with Crippen molar-refractivity contribution in [1.29, 1.82) is 0 Å². The van der Waals surface area contributed by atoms with Crippen LogP contribution >= 0.6 is 22.9 Å². The molecule has 1 aliphatic rings. The highest BCUT2D eigenvalue weighted by molar-refractivity contribution is 7.90. The van der Waals surface area contributed by atoms with Crippen LogP contribution in [-0.4, -0.2) is 60.5 Å². The SMILES string of the molecule is CCN(Cc1ccc(Cl)s1)C(=O)[C@H](CCS(C)(=O)=O)N1C(=O)c2ccccc2C1=O. The molecule has 30 heavy (non-hydrogen) atoms. The fourth-order valence-electron chi connectivity index (χ4n) is 3.36. The van der Waals surface area contributed by atoms with Gasteiger partial charge in [-0.3, -0.25) is 19.3 Å². The Kier molecular flexibility index (Phi) is 6.64. The Bertz CT molecular complexity index is 1060. The van der Waals surface area contributed by atoms with E-state index in [1.54, 1.807) is 31.2 Å². The Morgan fingerprint density at radius 3 is 2.20 bits per heavy atom. The van der Waals surface area contributed by atoms with Gasteiger partial charge in [0.05, 0.1) is 27.8 Å². The van der Waals surface area contributed by atoms with Crippen molar-refractivity contribution in [2.75, 3.05) is 18.6 Å². The summed E-state index contributed by atoms with van der Waals surface area (Å²) >= 11 is 7.30. The minimum absolute atomic E-state index is 0.162. The van der Waals surface area contributed by atoms with Crippen molar-refractivity contribution in [3.8, 4) is 0 Å². The molecule has 0 radical (unpaired) electrons. The van der Waals surface area contributed by atoms with Crippen LogP contribution in [0.4, 0.5) is 0 Å². The fraction of sp³-hybridized carbons (Fsp3) is 0.350. The number of rotatable bonds is 8. The molecule has 2 heterocycles. The summed E-state index contributed by atoms with van der Waals surface area (Å²) in [6.07, 6.45) is 0.896. The van der Waals surface area contributed by atoms with Gasteiger partial charge in [0.1, 0.15) is 15.9 Å². The first-order valence-corrected chi connectivity index (χ1v) is 12.6. The summed E-state index contributed by atoms with van der Waals surface area (Å²) in [4.78, 5) is 42.5. The third-order valence-corrected chi connectivity index (χ3v) is 7.05. The van der Waals surface area contributed by atoms with E-state index in [0.29, 0.717) is 10.9 Å². The average molecular weight is 469 g/mol. The first-order chi connectivity index (χ1) is 14.1. The quantitative estimate of drug-likeness (QED) is 0.555. The van der Waals surface area contributed by atoms with E-state index in [0.717, 1.165) is 16.0 Å². The molecular formula is C20H21ClN2O5S2. The van der Waals surface area contributed by atoms with E-state index in [2.05, 4.69) is 0 Å². The maximum atomic E-state index is 13.4. The van der Waals surface area contributed by atoms with E-state index in [-0.39, 0.29) is 29.8 Å². The van der Waals surface area contributed by atoms with Crippen LogP contribution in [0.5, 0.6) is 0 Å². The van der Waals surface area contributed by atoms with Gasteiger partial charge < -0.3 is 4.90 Å². The van der Waals surface area contributed by atoms with Gasteiger partial charge in [0.15, 0.2) is 0 Å². The summed E-state index contributed by atoms with van der Waals surface area (Å²) in [5.41, 5.74) is 0.431. The fourth-order valence-corrected chi connectivity index (χ4v) is 5.12. The normalized spacial score (nSPS) is 14.7. The van der Waals surface area contributed by atoms with Crippen LogP contribution in [0.3, 0.4) is 0 Å². The highest BCUT2D eigenvalue weighted by Gasteiger charge is 2.43. The number of carbonyl (C=O) groups is 3. The summed E-state index contributed by atoms with van der Waals surface area (Å²) in [7, 11) is -3.41. The molecule has 0 aliphatic carbocycles.